The van der Waals surface area contributed by atoms with Crippen molar-refractivity contribution in [3.8, 4) is 0 Å². The summed E-state index contributed by atoms with van der Waals surface area (Å²) < 4.78 is 0. The number of hydrogen-bond acceptors (Lipinski definition) is 3. The molecule has 20 heavy (non-hydrogen) atoms. The van der Waals surface area contributed by atoms with E-state index in [1.807, 2.05) is 0 Å². The average molecular weight is 281 g/mol. The van der Waals surface area contributed by atoms with Crippen LogP contribution in [0.5, 0.6) is 0 Å². The van der Waals surface area contributed by atoms with Crippen molar-refractivity contribution in [1.82, 2.24) is 15.1 Å². The van der Waals surface area contributed by atoms with Gasteiger partial charge in [0.15, 0.2) is 0 Å². The minimum atomic E-state index is 0.796. The molecule has 2 rings (SSSR count). The summed E-state index contributed by atoms with van der Waals surface area (Å²) in [5.41, 5.74) is 0. The highest BCUT2D eigenvalue weighted by Gasteiger charge is 2.24. The van der Waals surface area contributed by atoms with Crippen LogP contribution in [0.25, 0.3) is 0 Å². The van der Waals surface area contributed by atoms with Crippen LogP contribution in [0.15, 0.2) is 0 Å². The molecular formula is C17H35N3. The van der Waals surface area contributed by atoms with Crippen molar-refractivity contribution in [2.45, 2.75) is 70.4 Å². The maximum Gasteiger partial charge on any atom is 0.0220 e. The zero-order valence-corrected chi connectivity index (χ0v) is 13.7. The first-order valence-corrected chi connectivity index (χ1v) is 8.96. The molecule has 1 N–H and O–H groups in total. The Morgan fingerprint density at radius 2 is 1.75 bits per heavy atom. The Morgan fingerprint density at radius 3 is 2.50 bits per heavy atom. The summed E-state index contributed by atoms with van der Waals surface area (Å²) >= 11 is 0. The van der Waals surface area contributed by atoms with Crippen LogP contribution in [0.1, 0.15) is 58.3 Å². The van der Waals surface area contributed by atoms with Crippen LogP contribution in [0, 0.1) is 0 Å². The second kappa shape index (κ2) is 9.01. The molecule has 118 valence electrons. The highest BCUT2D eigenvalue weighted by Crippen LogP contribution is 2.21. The van der Waals surface area contributed by atoms with Crippen molar-refractivity contribution in [3.05, 3.63) is 0 Å². The largest absolute Gasteiger partial charge is 0.315 e. The molecule has 0 bridgehead atoms. The molecule has 0 aromatic rings. The maximum absolute atomic E-state index is 3.63. The standard InChI is InChI=1S/C17H35N3/c1-3-11-18-15-17-9-5-7-13-20(17)14-10-16-8-4-6-12-19(16)2/h16-18H,3-15H2,1-2H3. The lowest BCUT2D eigenvalue weighted by Crippen LogP contribution is -2.47. The maximum atomic E-state index is 3.63. The van der Waals surface area contributed by atoms with E-state index in [0.717, 1.165) is 12.1 Å². The van der Waals surface area contributed by atoms with Gasteiger partial charge < -0.3 is 10.2 Å². The molecule has 0 saturated carbocycles. The van der Waals surface area contributed by atoms with E-state index >= 15 is 0 Å². The van der Waals surface area contributed by atoms with Crippen molar-refractivity contribution in [2.24, 2.45) is 0 Å². The second-order valence-corrected chi connectivity index (χ2v) is 6.81. The Balaban J connectivity index is 1.73. The highest BCUT2D eigenvalue weighted by atomic mass is 15.2. The normalized spacial score (nSPS) is 29.7. The quantitative estimate of drug-likeness (QED) is 0.724. The van der Waals surface area contributed by atoms with Gasteiger partial charge in [0.05, 0.1) is 0 Å². The zero-order valence-electron chi connectivity index (χ0n) is 13.7. The summed E-state index contributed by atoms with van der Waals surface area (Å²) in [6, 6.07) is 1.64. The Labute approximate surface area is 126 Å². The van der Waals surface area contributed by atoms with E-state index in [-0.39, 0.29) is 0 Å². The molecule has 0 aliphatic carbocycles. The molecule has 3 nitrogen and oxygen atoms in total. The van der Waals surface area contributed by atoms with Gasteiger partial charge in [-0.15, -0.1) is 0 Å². The van der Waals surface area contributed by atoms with Crippen LogP contribution < -0.4 is 5.32 Å². The van der Waals surface area contributed by atoms with Crippen LogP contribution in [0.3, 0.4) is 0 Å². The monoisotopic (exact) mass is 281 g/mol. The molecule has 0 spiro atoms. The van der Waals surface area contributed by atoms with Crippen LogP contribution in [-0.4, -0.2) is 61.7 Å². The van der Waals surface area contributed by atoms with Gasteiger partial charge >= 0.3 is 0 Å². The molecule has 2 aliphatic heterocycles. The number of nitrogens with one attached hydrogen (secondary N) is 1. The number of hydrogen-bond donors (Lipinski definition) is 1. The van der Waals surface area contributed by atoms with E-state index in [1.54, 1.807) is 0 Å². The molecule has 0 radical (unpaired) electrons. The molecule has 2 heterocycles. The fourth-order valence-electron chi connectivity index (χ4n) is 3.85. The fourth-order valence-corrected chi connectivity index (χ4v) is 3.85. The molecule has 0 aromatic carbocycles. The Bertz CT molecular complexity index is 257. The average Bonchev–Trinajstić information content (AvgIpc) is 2.48. The lowest BCUT2D eigenvalue weighted by Gasteiger charge is -2.39. The van der Waals surface area contributed by atoms with Gasteiger partial charge in [-0.05, 0) is 71.8 Å². The van der Waals surface area contributed by atoms with Gasteiger partial charge in [0.2, 0.25) is 0 Å². The van der Waals surface area contributed by atoms with E-state index in [2.05, 4.69) is 29.1 Å². The molecule has 0 amide bonds. The third-order valence-corrected chi connectivity index (χ3v) is 5.23. The van der Waals surface area contributed by atoms with Crippen molar-refractivity contribution in [2.75, 3.05) is 39.8 Å². The lowest BCUT2D eigenvalue weighted by molar-refractivity contribution is 0.111. The Hall–Kier alpha value is -0.120. The number of rotatable bonds is 7. The summed E-state index contributed by atoms with van der Waals surface area (Å²) in [4.78, 5) is 5.37. The lowest BCUT2D eigenvalue weighted by atomic mass is 9.97. The van der Waals surface area contributed by atoms with Gasteiger partial charge in [-0.3, -0.25) is 4.90 Å². The van der Waals surface area contributed by atoms with Gasteiger partial charge in [-0.1, -0.05) is 19.8 Å². The second-order valence-electron chi connectivity index (χ2n) is 6.81. The summed E-state index contributed by atoms with van der Waals surface area (Å²) in [6.45, 7) is 8.59. The molecule has 0 aromatic heterocycles. The molecule has 2 unspecified atom stereocenters. The molecule has 2 saturated heterocycles. The van der Waals surface area contributed by atoms with Crippen molar-refractivity contribution < 1.29 is 0 Å². The third kappa shape index (κ3) is 5.01. The van der Waals surface area contributed by atoms with Gasteiger partial charge in [0.25, 0.3) is 0 Å². The van der Waals surface area contributed by atoms with Crippen molar-refractivity contribution in [3.63, 3.8) is 0 Å². The van der Waals surface area contributed by atoms with Crippen LogP contribution in [-0.2, 0) is 0 Å². The smallest absolute Gasteiger partial charge is 0.0220 e. The molecule has 2 atom stereocenters. The van der Waals surface area contributed by atoms with Crippen molar-refractivity contribution >= 4 is 0 Å². The fraction of sp³-hybridized carbons (Fsp3) is 1.00. The predicted molar refractivity (Wildman–Crippen MR) is 87.3 cm³/mol. The molecule has 3 heteroatoms. The minimum Gasteiger partial charge on any atom is -0.315 e. The first kappa shape index (κ1) is 16.3. The van der Waals surface area contributed by atoms with E-state index in [4.69, 9.17) is 0 Å². The molecule has 2 fully saturated rings. The van der Waals surface area contributed by atoms with E-state index in [9.17, 15) is 0 Å². The van der Waals surface area contributed by atoms with Gasteiger partial charge in [-0.2, -0.15) is 0 Å². The minimum absolute atomic E-state index is 0.796. The Morgan fingerprint density at radius 1 is 1.00 bits per heavy atom. The predicted octanol–water partition coefficient (Wildman–Crippen LogP) is 2.71. The third-order valence-electron chi connectivity index (χ3n) is 5.23. The number of nitrogens with zero attached hydrogens (tertiary/aromatic N) is 2. The summed E-state index contributed by atoms with van der Waals surface area (Å²) in [5, 5.41) is 3.63. The summed E-state index contributed by atoms with van der Waals surface area (Å²) in [5.74, 6) is 0. The van der Waals surface area contributed by atoms with Crippen LogP contribution in [0.4, 0.5) is 0 Å². The highest BCUT2D eigenvalue weighted by molar-refractivity contribution is 4.81. The number of likely N-dealkylation sites (tertiary alicyclic amines) is 2. The van der Waals surface area contributed by atoms with E-state index in [1.165, 1.54) is 84.1 Å². The topological polar surface area (TPSA) is 18.5 Å². The van der Waals surface area contributed by atoms with Crippen LogP contribution >= 0.6 is 0 Å². The first-order chi connectivity index (χ1) is 9.81. The van der Waals surface area contributed by atoms with Gasteiger partial charge in [-0.25, -0.2) is 0 Å². The van der Waals surface area contributed by atoms with Crippen molar-refractivity contribution in [1.29, 1.82) is 0 Å². The molecular weight excluding hydrogens is 246 g/mol. The zero-order chi connectivity index (χ0) is 14.2. The first-order valence-electron chi connectivity index (χ1n) is 8.96. The summed E-state index contributed by atoms with van der Waals surface area (Å²) in [6.07, 6.45) is 11.1. The SMILES string of the molecule is CCCNCC1CCCCN1CCC1CCCCN1C. The Kier molecular flexibility index (Phi) is 7.32. The van der Waals surface area contributed by atoms with Gasteiger partial charge in [0, 0.05) is 18.6 Å². The van der Waals surface area contributed by atoms with E-state index < -0.39 is 0 Å². The number of piperidine rings is 2. The molecule has 2 aliphatic rings. The van der Waals surface area contributed by atoms with Crippen LogP contribution in [0.2, 0.25) is 0 Å². The van der Waals surface area contributed by atoms with E-state index in [0.29, 0.717) is 0 Å². The summed E-state index contributed by atoms with van der Waals surface area (Å²) in [7, 11) is 2.32. The van der Waals surface area contributed by atoms with Gasteiger partial charge in [0.1, 0.15) is 0 Å².